The molecule has 0 fully saturated rings. The maximum absolute atomic E-state index is 3.80. The third-order valence-electron chi connectivity index (χ3n) is 2.67. The van der Waals surface area contributed by atoms with Crippen molar-refractivity contribution in [3.05, 3.63) is 50.6 Å². The van der Waals surface area contributed by atoms with Crippen molar-refractivity contribution in [1.29, 1.82) is 0 Å². The third kappa shape index (κ3) is 6.94. The monoisotopic (exact) mass is 211 g/mol. The quantitative estimate of drug-likeness (QED) is 0.469. The van der Waals surface area contributed by atoms with Gasteiger partial charge in [-0.3, -0.25) is 0 Å². The molecule has 0 saturated carbocycles. The van der Waals surface area contributed by atoms with Crippen LogP contribution < -0.4 is 6.15 Å². The highest BCUT2D eigenvalue weighted by atomic mass is 16.0. The molecule has 0 spiro atoms. The Bertz CT molecular complexity index is 156. The number of hydrogen-bond donors (Lipinski definition) is 1. The third-order valence-corrected chi connectivity index (χ3v) is 2.67. The van der Waals surface area contributed by atoms with Gasteiger partial charge in [0.25, 0.3) is 0 Å². The Hall–Kier alpha value is -1.06. The van der Waals surface area contributed by atoms with E-state index >= 15 is 0 Å². The van der Waals surface area contributed by atoms with Gasteiger partial charge < -0.3 is 11.6 Å². The fourth-order valence-electron chi connectivity index (χ4n) is 1.99. The first-order chi connectivity index (χ1) is 6.24. The standard InChI is InChI=1S/C12H20B.H3N.H2O/c1-5-9-13(10-6-2,11-7-3)12-8-4;;/h5-8H,1-4,9-12H2;1H3;1H2/q-1;;/p+1. The van der Waals surface area contributed by atoms with Crippen LogP contribution in [0.5, 0.6) is 0 Å². The molecule has 0 saturated heterocycles. The molecule has 3 heteroatoms. The predicted molar refractivity (Wildman–Crippen MR) is 75.4 cm³/mol. The molecule has 0 radical (unpaired) electrons. The summed E-state index contributed by atoms with van der Waals surface area (Å²) in [5.41, 5.74) is 0. The maximum atomic E-state index is 3.80. The number of allylic oxidation sites excluding steroid dienone is 4. The summed E-state index contributed by atoms with van der Waals surface area (Å²) >= 11 is 0. The van der Waals surface area contributed by atoms with Gasteiger partial charge in [0.2, 0.25) is 0 Å². The number of hydrogen-bond acceptors (Lipinski definition) is 0. The molecule has 0 aromatic carbocycles. The fourth-order valence-corrected chi connectivity index (χ4v) is 1.99. The molecule has 0 amide bonds. The van der Waals surface area contributed by atoms with Crippen molar-refractivity contribution >= 4 is 6.15 Å². The van der Waals surface area contributed by atoms with Gasteiger partial charge in [0.05, 0.1) is 0 Å². The smallest absolute Gasteiger partial charge is 0.0160 e. The van der Waals surface area contributed by atoms with Gasteiger partial charge >= 0.3 is 0 Å². The average Bonchev–Trinajstić information content (AvgIpc) is 2.06. The maximum Gasteiger partial charge on any atom is 0.0160 e. The molecule has 88 valence electrons. The van der Waals surface area contributed by atoms with E-state index in [1.807, 2.05) is 24.3 Å². The summed E-state index contributed by atoms with van der Waals surface area (Å²) in [6.07, 6.45) is 11.8. The topological polar surface area (TPSA) is 68.0 Å². The Morgan fingerprint density at radius 2 is 0.867 bits per heavy atom. The van der Waals surface area contributed by atoms with Gasteiger partial charge in [-0.2, -0.15) is 25.3 Å². The molecule has 0 aliphatic carbocycles. The summed E-state index contributed by atoms with van der Waals surface area (Å²) in [7, 11) is 0. The largest absolute Gasteiger partial charge is 0.412 e. The number of quaternary nitrogens is 1. The Morgan fingerprint density at radius 1 is 0.667 bits per heavy atom. The highest BCUT2D eigenvalue weighted by molar-refractivity contribution is 6.81. The van der Waals surface area contributed by atoms with E-state index < -0.39 is 6.15 Å². The summed E-state index contributed by atoms with van der Waals surface area (Å²) in [5, 5.41) is 0. The number of rotatable bonds is 8. The zero-order valence-corrected chi connectivity index (χ0v) is 10.0. The van der Waals surface area contributed by atoms with Gasteiger partial charge in [-0.25, -0.2) is 0 Å². The van der Waals surface area contributed by atoms with Crippen molar-refractivity contribution in [3.63, 3.8) is 0 Å². The van der Waals surface area contributed by atoms with Gasteiger partial charge in [-0.1, -0.05) is 0 Å². The van der Waals surface area contributed by atoms with Crippen LogP contribution in [0, 0.1) is 0 Å². The molecule has 0 bridgehead atoms. The van der Waals surface area contributed by atoms with Crippen LogP contribution in [0.4, 0.5) is 0 Å². The van der Waals surface area contributed by atoms with E-state index in [0.29, 0.717) is 0 Å². The van der Waals surface area contributed by atoms with E-state index in [1.165, 1.54) is 0 Å². The van der Waals surface area contributed by atoms with Crippen LogP contribution in [0.15, 0.2) is 50.6 Å². The second-order valence-electron chi connectivity index (χ2n) is 3.83. The molecular formula is C12H26BNO. The summed E-state index contributed by atoms with van der Waals surface area (Å²) < 4.78 is 0. The predicted octanol–water partition coefficient (Wildman–Crippen LogP) is 3.73. The molecule has 0 aromatic rings. The lowest BCUT2D eigenvalue weighted by atomic mass is 9.18. The molecule has 0 heterocycles. The zero-order chi connectivity index (χ0) is 10.2. The Balaban J connectivity index is -0.000000720. The van der Waals surface area contributed by atoms with Crippen LogP contribution in [-0.2, 0) is 0 Å². The van der Waals surface area contributed by atoms with Gasteiger partial charge in [0.1, 0.15) is 0 Å². The van der Waals surface area contributed by atoms with E-state index in [-0.39, 0.29) is 11.6 Å². The van der Waals surface area contributed by atoms with E-state index in [0.717, 1.165) is 25.3 Å². The summed E-state index contributed by atoms with van der Waals surface area (Å²) in [4.78, 5) is 0. The van der Waals surface area contributed by atoms with Crippen molar-refractivity contribution in [2.24, 2.45) is 0 Å². The van der Waals surface area contributed by atoms with Crippen molar-refractivity contribution in [1.82, 2.24) is 6.15 Å². The Kier molecular flexibility index (Phi) is 14.3. The summed E-state index contributed by atoms with van der Waals surface area (Å²) in [6.45, 7) is 15.2. The Labute approximate surface area is 94.3 Å². The summed E-state index contributed by atoms with van der Waals surface area (Å²) in [5.74, 6) is 0. The van der Waals surface area contributed by atoms with Gasteiger partial charge in [-0.15, -0.1) is 50.6 Å². The van der Waals surface area contributed by atoms with Crippen molar-refractivity contribution < 1.29 is 5.48 Å². The second-order valence-corrected chi connectivity index (χ2v) is 3.83. The molecule has 15 heavy (non-hydrogen) atoms. The lowest BCUT2D eigenvalue weighted by Crippen LogP contribution is -2.30. The first-order valence-electron chi connectivity index (χ1n) is 4.90. The van der Waals surface area contributed by atoms with E-state index in [1.54, 1.807) is 0 Å². The first-order valence-corrected chi connectivity index (χ1v) is 4.90. The van der Waals surface area contributed by atoms with E-state index in [2.05, 4.69) is 26.3 Å². The molecule has 0 aromatic heterocycles. The molecule has 0 rings (SSSR count). The molecule has 0 atom stereocenters. The molecule has 0 aliphatic heterocycles. The highest BCUT2D eigenvalue weighted by Crippen LogP contribution is 2.27. The lowest BCUT2D eigenvalue weighted by Gasteiger charge is -2.35. The molecule has 6 N–H and O–H groups in total. The van der Waals surface area contributed by atoms with Gasteiger partial charge in [0.15, 0.2) is 0 Å². The first kappa shape index (κ1) is 19.5. The normalized spacial score (nSPS) is 9.07. The van der Waals surface area contributed by atoms with Crippen LogP contribution in [0.25, 0.3) is 0 Å². The SMILES string of the molecule is C=CC[B-](CC=C)(CC=C)CC=C.O.[NH4+]. The second kappa shape index (κ2) is 11.0. The van der Waals surface area contributed by atoms with Gasteiger partial charge in [-0.05, 0) is 0 Å². The zero-order valence-electron chi connectivity index (χ0n) is 10.0. The molecular weight excluding hydrogens is 185 g/mol. The van der Waals surface area contributed by atoms with Crippen molar-refractivity contribution in [2.75, 3.05) is 0 Å². The molecule has 0 aliphatic rings. The minimum absolute atomic E-state index is 0. The van der Waals surface area contributed by atoms with Crippen molar-refractivity contribution in [3.8, 4) is 0 Å². The van der Waals surface area contributed by atoms with Crippen LogP contribution >= 0.6 is 0 Å². The van der Waals surface area contributed by atoms with Crippen LogP contribution in [0.3, 0.4) is 0 Å². The van der Waals surface area contributed by atoms with E-state index in [4.69, 9.17) is 0 Å². The molecule has 0 unspecified atom stereocenters. The molecule has 2 nitrogen and oxygen atoms in total. The Morgan fingerprint density at radius 3 is 1.00 bits per heavy atom. The van der Waals surface area contributed by atoms with Gasteiger partial charge in [0, 0.05) is 6.15 Å². The fraction of sp³-hybridized carbons (Fsp3) is 0.333. The van der Waals surface area contributed by atoms with Crippen LogP contribution in [-0.4, -0.2) is 11.6 Å². The highest BCUT2D eigenvalue weighted by Gasteiger charge is 2.18. The lowest BCUT2D eigenvalue weighted by molar-refractivity contribution is 0.824. The van der Waals surface area contributed by atoms with Crippen molar-refractivity contribution in [2.45, 2.75) is 25.3 Å². The minimum Gasteiger partial charge on any atom is -0.412 e. The van der Waals surface area contributed by atoms with E-state index in [9.17, 15) is 0 Å². The average molecular weight is 211 g/mol. The van der Waals surface area contributed by atoms with Crippen LogP contribution in [0.1, 0.15) is 0 Å². The van der Waals surface area contributed by atoms with Crippen LogP contribution in [0.2, 0.25) is 25.3 Å². The minimum atomic E-state index is -0.444. The summed E-state index contributed by atoms with van der Waals surface area (Å²) in [6, 6.07) is 0.